The summed E-state index contributed by atoms with van der Waals surface area (Å²) in [6, 6.07) is 7.68. The molecular formula is C16H25ClN2O. The molecule has 2 atom stereocenters. The largest absolute Gasteiger partial charge is 0.354 e. The van der Waals surface area contributed by atoms with E-state index in [4.69, 9.17) is 11.6 Å². The quantitative estimate of drug-likeness (QED) is 0.808. The van der Waals surface area contributed by atoms with E-state index in [-0.39, 0.29) is 18.0 Å². The molecule has 0 saturated heterocycles. The summed E-state index contributed by atoms with van der Waals surface area (Å²) in [7, 11) is 0. The van der Waals surface area contributed by atoms with Crippen LogP contribution in [-0.4, -0.2) is 18.5 Å². The number of hydrogen-bond donors (Lipinski definition) is 2. The number of amides is 1. The molecule has 0 aliphatic heterocycles. The van der Waals surface area contributed by atoms with Crippen molar-refractivity contribution in [3.8, 4) is 0 Å². The molecule has 20 heavy (non-hydrogen) atoms. The normalized spacial score (nSPS) is 14.1. The van der Waals surface area contributed by atoms with Gasteiger partial charge in [-0.3, -0.25) is 10.1 Å². The minimum absolute atomic E-state index is 0.0409. The van der Waals surface area contributed by atoms with Gasteiger partial charge in [-0.15, -0.1) is 0 Å². The topological polar surface area (TPSA) is 41.1 Å². The van der Waals surface area contributed by atoms with E-state index in [1.807, 2.05) is 31.2 Å². The monoisotopic (exact) mass is 296 g/mol. The second-order valence-corrected chi connectivity index (χ2v) is 5.98. The molecule has 1 amide bonds. The Morgan fingerprint density at radius 3 is 2.55 bits per heavy atom. The van der Waals surface area contributed by atoms with Gasteiger partial charge in [0.1, 0.15) is 0 Å². The van der Waals surface area contributed by atoms with Gasteiger partial charge in [0, 0.05) is 17.6 Å². The SMILES string of the molecule is CCC(NC(C)C(=O)NCC(C)C)c1cccc(Cl)c1. The zero-order valence-electron chi connectivity index (χ0n) is 12.7. The zero-order valence-corrected chi connectivity index (χ0v) is 13.5. The summed E-state index contributed by atoms with van der Waals surface area (Å²) in [5.74, 6) is 0.500. The van der Waals surface area contributed by atoms with Crippen LogP contribution in [0.15, 0.2) is 24.3 Å². The Bertz CT molecular complexity index is 434. The van der Waals surface area contributed by atoms with Crippen molar-refractivity contribution in [1.82, 2.24) is 10.6 Å². The van der Waals surface area contributed by atoms with Crippen molar-refractivity contribution in [2.45, 2.75) is 46.2 Å². The summed E-state index contributed by atoms with van der Waals surface area (Å²) in [6.07, 6.45) is 0.905. The Hall–Kier alpha value is -1.06. The fourth-order valence-electron chi connectivity index (χ4n) is 2.01. The molecule has 2 N–H and O–H groups in total. The summed E-state index contributed by atoms with van der Waals surface area (Å²) >= 11 is 6.02. The first kappa shape index (κ1) is 17.0. The maximum Gasteiger partial charge on any atom is 0.236 e. The first-order valence-corrected chi connectivity index (χ1v) is 7.61. The molecule has 1 aromatic carbocycles. The van der Waals surface area contributed by atoms with E-state index >= 15 is 0 Å². The highest BCUT2D eigenvalue weighted by Gasteiger charge is 2.18. The summed E-state index contributed by atoms with van der Waals surface area (Å²) < 4.78 is 0. The number of rotatable bonds is 7. The van der Waals surface area contributed by atoms with Gasteiger partial charge >= 0.3 is 0 Å². The van der Waals surface area contributed by atoms with Gasteiger partial charge in [-0.2, -0.15) is 0 Å². The summed E-state index contributed by atoms with van der Waals surface area (Å²) in [6.45, 7) is 8.86. The van der Waals surface area contributed by atoms with Gasteiger partial charge in [0.15, 0.2) is 0 Å². The van der Waals surface area contributed by atoms with Crippen LogP contribution in [-0.2, 0) is 4.79 Å². The number of benzene rings is 1. The maximum atomic E-state index is 12.0. The maximum absolute atomic E-state index is 12.0. The second-order valence-electron chi connectivity index (χ2n) is 5.54. The molecule has 4 heteroatoms. The van der Waals surface area contributed by atoms with Gasteiger partial charge in [-0.25, -0.2) is 0 Å². The number of nitrogens with one attached hydrogen (secondary N) is 2. The van der Waals surface area contributed by atoms with Gasteiger partial charge in [0.25, 0.3) is 0 Å². The van der Waals surface area contributed by atoms with Crippen molar-refractivity contribution < 1.29 is 4.79 Å². The van der Waals surface area contributed by atoms with Gasteiger partial charge < -0.3 is 5.32 Å². The van der Waals surface area contributed by atoms with Crippen LogP contribution in [0.25, 0.3) is 0 Å². The zero-order chi connectivity index (χ0) is 15.1. The van der Waals surface area contributed by atoms with Crippen LogP contribution in [0, 0.1) is 5.92 Å². The lowest BCUT2D eigenvalue weighted by atomic mass is 10.0. The first-order chi connectivity index (χ1) is 9.43. The Morgan fingerprint density at radius 1 is 1.30 bits per heavy atom. The summed E-state index contributed by atoms with van der Waals surface area (Å²) in [4.78, 5) is 12.0. The lowest BCUT2D eigenvalue weighted by Gasteiger charge is -2.22. The molecule has 0 fully saturated rings. The van der Waals surface area contributed by atoms with Crippen molar-refractivity contribution in [2.75, 3.05) is 6.54 Å². The Labute approximate surface area is 127 Å². The molecule has 0 bridgehead atoms. The number of hydrogen-bond acceptors (Lipinski definition) is 2. The van der Waals surface area contributed by atoms with E-state index < -0.39 is 0 Å². The van der Waals surface area contributed by atoms with Crippen LogP contribution in [0.1, 0.15) is 45.7 Å². The highest BCUT2D eigenvalue weighted by atomic mass is 35.5. The van der Waals surface area contributed by atoms with E-state index in [0.29, 0.717) is 12.5 Å². The van der Waals surface area contributed by atoms with Crippen LogP contribution in [0.3, 0.4) is 0 Å². The van der Waals surface area contributed by atoms with Crippen molar-refractivity contribution in [2.24, 2.45) is 5.92 Å². The van der Waals surface area contributed by atoms with Gasteiger partial charge in [0.05, 0.1) is 6.04 Å². The Morgan fingerprint density at radius 2 is 2.00 bits per heavy atom. The van der Waals surface area contributed by atoms with E-state index in [0.717, 1.165) is 17.0 Å². The van der Waals surface area contributed by atoms with E-state index in [2.05, 4.69) is 31.4 Å². The average Bonchev–Trinajstić information content (AvgIpc) is 2.41. The van der Waals surface area contributed by atoms with E-state index in [1.165, 1.54) is 0 Å². The molecule has 0 aliphatic carbocycles. The number of carbonyl (C=O) groups excluding carboxylic acids is 1. The highest BCUT2D eigenvalue weighted by Crippen LogP contribution is 2.20. The predicted octanol–water partition coefficient (Wildman–Crippen LogP) is 3.54. The van der Waals surface area contributed by atoms with Crippen molar-refractivity contribution in [3.05, 3.63) is 34.9 Å². The van der Waals surface area contributed by atoms with Gasteiger partial charge in [-0.05, 0) is 37.0 Å². The van der Waals surface area contributed by atoms with Crippen LogP contribution in [0.5, 0.6) is 0 Å². The molecule has 1 rings (SSSR count). The van der Waals surface area contributed by atoms with E-state index in [1.54, 1.807) is 0 Å². The van der Waals surface area contributed by atoms with Gasteiger partial charge in [0.2, 0.25) is 5.91 Å². The fourth-order valence-corrected chi connectivity index (χ4v) is 2.21. The van der Waals surface area contributed by atoms with Crippen LogP contribution >= 0.6 is 11.6 Å². The predicted molar refractivity (Wildman–Crippen MR) is 84.9 cm³/mol. The molecule has 0 radical (unpaired) electrons. The third kappa shape index (κ3) is 5.51. The van der Waals surface area contributed by atoms with Crippen molar-refractivity contribution >= 4 is 17.5 Å². The Balaban J connectivity index is 2.61. The number of halogens is 1. The molecular weight excluding hydrogens is 272 g/mol. The van der Waals surface area contributed by atoms with Crippen molar-refractivity contribution in [3.63, 3.8) is 0 Å². The fraction of sp³-hybridized carbons (Fsp3) is 0.562. The third-order valence-corrected chi connectivity index (χ3v) is 3.42. The molecule has 0 heterocycles. The summed E-state index contributed by atoms with van der Waals surface area (Å²) in [5, 5.41) is 7.03. The van der Waals surface area contributed by atoms with Crippen LogP contribution < -0.4 is 10.6 Å². The standard InChI is InChI=1S/C16H25ClN2O/c1-5-15(13-7-6-8-14(17)9-13)19-12(4)16(20)18-10-11(2)3/h6-9,11-12,15,19H,5,10H2,1-4H3,(H,18,20). The molecule has 0 saturated carbocycles. The molecule has 0 spiro atoms. The number of carbonyl (C=O) groups is 1. The molecule has 3 nitrogen and oxygen atoms in total. The third-order valence-electron chi connectivity index (χ3n) is 3.19. The molecule has 0 aliphatic rings. The van der Waals surface area contributed by atoms with E-state index in [9.17, 15) is 4.79 Å². The minimum Gasteiger partial charge on any atom is -0.354 e. The van der Waals surface area contributed by atoms with Gasteiger partial charge in [-0.1, -0.05) is 44.5 Å². The summed E-state index contributed by atoms with van der Waals surface area (Å²) in [5.41, 5.74) is 1.11. The molecule has 0 aromatic heterocycles. The first-order valence-electron chi connectivity index (χ1n) is 7.23. The van der Waals surface area contributed by atoms with Crippen LogP contribution in [0.4, 0.5) is 0 Å². The van der Waals surface area contributed by atoms with Crippen molar-refractivity contribution in [1.29, 1.82) is 0 Å². The second kappa shape index (κ2) is 8.28. The smallest absolute Gasteiger partial charge is 0.236 e. The molecule has 112 valence electrons. The minimum atomic E-state index is -0.224. The molecule has 2 unspecified atom stereocenters. The lowest BCUT2D eigenvalue weighted by Crippen LogP contribution is -2.44. The average molecular weight is 297 g/mol. The molecule has 1 aromatic rings. The lowest BCUT2D eigenvalue weighted by molar-refractivity contribution is -0.123. The highest BCUT2D eigenvalue weighted by molar-refractivity contribution is 6.30. The Kier molecular flexibility index (Phi) is 7.03. The van der Waals surface area contributed by atoms with Crippen LogP contribution in [0.2, 0.25) is 5.02 Å².